The molecule has 2 heterocycles. The number of fused-ring (bicyclic) bond motifs is 2. The molecule has 15 heteroatoms. The molecule has 67 heavy (non-hydrogen) atoms. The predicted molar refractivity (Wildman–Crippen MR) is 262 cm³/mol. The SMILES string of the molecule is O=S(=O)(c1ccc(NC(c2ccccc2)n2nc(COc3cccc4ccccc34)oc2=S)cc1)c1ccc(NC(c2ccccc2)n2nc(COc3cccc4ccccc34)oc2=S)cc1. The second-order valence-corrected chi connectivity index (χ2v) is 18.1. The van der Waals surface area contributed by atoms with Crippen molar-refractivity contribution in [2.45, 2.75) is 35.3 Å². The number of aromatic nitrogens is 4. The molecule has 0 fully saturated rings. The summed E-state index contributed by atoms with van der Waals surface area (Å²) in [4.78, 5) is 0.522. The third-order valence-electron chi connectivity index (χ3n) is 11.1. The van der Waals surface area contributed by atoms with Crippen molar-refractivity contribution in [3.05, 3.63) is 227 Å². The number of benzene rings is 8. The van der Waals surface area contributed by atoms with Crippen LogP contribution in [0.2, 0.25) is 0 Å². The minimum atomic E-state index is -3.91. The predicted octanol–water partition coefficient (Wildman–Crippen LogP) is 12.3. The number of anilines is 2. The molecule has 0 aliphatic heterocycles. The van der Waals surface area contributed by atoms with Gasteiger partial charge in [-0.15, -0.1) is 10.2 Å². The van der Waals surface area contributed by atoms with Crippen LogP contribution >= 0.6 is 24.4 Å². The average molecular weight is 941 g/mol. The molecule has 10 aromatic rings. The Morgan fingerprint density at radius 1 is 0.478 bits per heavy atom. The normalized spacial score (nSPS) is 12.4. The molecule has 0 saturated heterocycles. The number of nitrogens with one attached hydrogen (secondary N) is 2. The molecule has 0 saturated carbocycles. The maximum atomic E-state index is 14.0. The van der Waals surface area contributed by atoms with Gasteiger partial charge in [-0.3, -0.25) is 0 Å². The smallest absolute Gasteiger partial charge is 0.289 e. The summed E-state index contributed by atoms with van der Waals surface area (Å²) < 4.78 is 55.3. The first-order valence-electron chi connectivity index (χ1n) is 21.2. The van der Waals surface area contributed by atoms with Gasteiger partial charge in [0.15, 0.2) is 25.5 Å². The van der Waals surface area contributed by atoms with Gasteiger partial charge in [0.05, 0.1) is 9.79 Å². The van der Waals surface area contributed by atoms with Gasteiger partial charge in [0.1, 0.15) is 11.5 Å². The average Bonchev–Trinajstić information content (AvgIpc) is 3.94. The van der Waals surface area contributed by atoms with Crippen molar-refractivity contribution in [3.8, 4) is 11.5 Å². The van der Waals surface area contributed by atoms with Gasteiger partial charge in [0, 0.05) is 22.1 Å². The summed E-state index contributed by atoms with van der Waals surface area (Å²) in [5.74, 6) is 2.00. The molecule has 2 unspecified atom stereocenters. The zero-order valence-corrected chi connectivity index (χ0v) is 38.0. The minimum Gasteiger partial charge on any atom is -0.483 e. The summed E-state index contributed by atoms with van der Waals surface area (Å²) in [6.45, 7) is 0.119. The van der Waals surface area contributed by atoms with Gasteiger partial charge in [-0.2, -0.15) is 9.36 Å². The number of nitrogens with zero attached hydrogens (tertiary/aromatic N) is 4. The van der Waals surface area contributed by atoms with Crippen LogP contribution in [0.3, 0.4) is 0 Å². The summed E-state index contributed by atoms with van der Waals surface area (Å²) >= 11 is 11.3. The molecule has 0 bridgehead atoms. The van der Waals surface area contributed by atoms with Gasteiger partial charge >= 0.3 is 0 Å². The monoisotopic (exact) mass is 940 g/mol. The van der Waals surface area contributed by atoms with Crippen molar-refractivity contribution in [1.29, 1.82) is 0 Å². The molecule has 2 aromatic heterocycles. The first-order chi connectivity index (χ1) is 32.8. The zero-order chi connectivity index (χ0) is 45.7. The fourth-order valence-electron chi connectivity index (χ4n) is 7.78. The first-order valence-corrected chi connectivity index (χ1v) is 23.5. The van der Waals surface area contributed by atoms with E-state index in [2.05, 4.69) is 10.6 Å². The Bertz CT molecular complexity index is 3320. The van der Waals surface area contributed by atoms with Crippen LogP contribution in [0.4, 0.5) is 11.4 Å². The second-order valence-electron chi connectivity index (χ2n) is 15.4. The van der Waals surface area contributed by atoms with E-state index in [-0.39, 0.29) is 32.7 Å². The van der Waals surface area contributed by atoms with Crippen LogP contribution in [0.15, 0.2) is 213 Å². The molecule has 2 N–H and O–H groups in total. The van der Waals surface area contributed by atoms with Crippen LogP contribution in [0, 0.1) is 9.67 Å². The molecule has 10 rings (SSSR count). The van der Waals surface area contributed by atoms with E-state index in [0.717, 1.165) is 32.7 Å². The third-order valence-corrected chi connectivity index (χ3v) is 13.4. The highest BCUT2D eigenvalue weighted by molar-refractivity contribution is 7.91. The Labute approximate surface area is 395 Å². The lowest BCUT2D eigenvalue weighted by atomic mass is 10.1. The summed E-state index contributed by atoms with van der Waals surface area (Å²) in [6, 6.07) is 60.1. The molecule has 8 aromatic carbocycles. The van der Waals surface area contributed by atoms with Crippen LogP contribution < -0.4 is 20.1 Å². The lowest BCUT2D eigenvalue weighted by Crippen LogP contribution is -2.21. The Morgan fingerprint density at radius 2 is 0.851 bits per heavy atom. The van der Waals surface area contributed by atoms with E-state index in [9.17, 15) is 8.42 Å². The summed E-state index contributed by atoms with van der Waals surface area (Å²) in [5, 5.41) is 20.4. The summed E-state index contributed by atoms with van der Waals surface area (Å²) in [5.41, 5.74) is 2.97. The van der Waals surface area contributed by atoms with E-state index in [1.54, 1.807) is 57.9 Å². The highest BCUT2D eigenvalue weighted by Gasteiger charge is 2.23. The molecule has 12 nitrogen and oxygen atoms in total. The van der Waals surface area contributed by atoms with Crippen LogP contribution in [-0.4, -0.2) is 28.0 Å². The standard InChI is InChI=1S/C52H40N6O6S3/c59-67(60,41-29-25-39(26-30-41)53-49(37-15-3-1-4-16-37)57-51(65)63-47(55-57)33-61-45-23-11-19-35-13-7-9-21-43(35)45)42-31-27-40(28-32-42)54-50(38-17-5-2-6-18-38)58-52(66)64-48(56-58)34-62-46-24-12-20-36-14-8-10-22-44(36)46/h1-32,49-50,53-54H,33-34H2. The van der Waals surface area contributed by atoms with E-state index < -0.39 is 22.2 Å². The number of hydrogen-bond donors (Lipinski definition) is 2. The fraction of sp³-hybridized carbons (Fsp3) is 0.0769. The van der Waals surface area contributed by atoms with Crippen LogP contribution in [0.25, 0.3) is 21.5 Å². The van der Waals surface area contributed by atoms with E-state index in [0.29, 0.717) is 34.7 Å². The van der Waals surface area contributed by atoms with E-state index in [1.807, 2.05) is 146 Å². The Hall–Kier alpha value is -7.85. The third kappa shape index (κ3) is 9.33. The number of ether oxygens (including phenoxy) is 2. The van der Waals surface area contributed by atoms with Crippen LogP contribution in [0.1, 0.15) is 35.2 Å². The maximum absolute atomic E-state index is 14.0. The molecule has 0 aliphatic rings. The van der Waals surface area contributed by atoms with Crippen molar-refractivity contribution < 1.29 is 26.7 Å². The van der Waals surface area contributed by atoms with Gasteiger partial charge < -0.3 is 28.9 Å². The highest BCUT2D eigenvalue weighted by atomic mass is 32.2. The van der Waals surface area contributed by atoms with Crippen molar-refractivity contribution in [3.63, 3.8) is 0 Å². The van der Waals surface area contributed by atoms with Crippen LogP contribution in [-0.2, 0) is 23.1 Å². The Morgan fingerprint density at radius 3 is 1.27 bits per heavy atom. The Balaban J connectivity index is 0.841. The second kappa shape index (κ2) is 18.9. The van der Waals surface area contributed by atoms with E-state index in [1.165, 1.54) is 0 Å². The molecular formula is C52H40N6O6S3. The number of sulfone groups is 1. The minimum absolute atomic E-state index is 0.0593. The molecule has 2 atom stereocenters. The zero-order valence-electron chi connectivity index (χ0n) is 35.5. The molecule has 0 amide bonds. The van der Waals surface area contributed by atoms with Gasteiger partial charge in [-0.25, -0.2) is 8.42 Å². The topological polar surface area (TPSA) is 139 Å². The van der Waals surface area contributed by atoms with Gasteiger partial charge in [-0.1, -0.05) is 133 Å². The van der Waals surface area contributed by atoms with Gasteiger partial charge in [-0.05, 0) is 107 Å². The maximum Gasteiger partial charge on any atom is 0.289 e. The molecular weight excluding hydrogens is 901 g/mol. The largest absolute Gasteiger partial charge is 0.483 e. The fourth-order valence-corrected chi connectivity index (χ4v) is 9.52. The Kier molecular flexibility index (Phi) is 12.2. The summed E-state index contributed by atoms with van der Waals surface area (Å²) in [7, 11) is -3.91. The lowest BCUT2D eigenvalue weighted by molar-refractivity contribution is 0.264. The number of rotatable bonds is 16. The van der Waals surface area contributed by atoms with Crippen molar-refractivity contribution in [2.24, 2.45) is 0 Å². The van der Waals surface area contributed by atoms with Crippen molar-refractivity contribution in [1.82, 2.24) is 19.6 Å². The van der Waals surface area contributed by atoms with Gasteiger partial charge in [0.2, 0.25) is 9.84 Å². The lowest BCUT2D eigenvalue weighted by Gasteiger charge is -2.20. The molecule has 332 valence electrons. The van der Waals surface area contributed by atoms with E-state index >= 15 is 0 Å². The van der Waals surface area contributed by atoms with Gasteiger partial charge in [0.25, 0.3) is 21.5 Å². The molecule has 0 spiro atoms. The first kappa shape index (κ1) is 43.1. The molecule has 0 aliphatic carbocycles. The molecule has 0 radical (unpaired) electrons. The van der Waals surface area contributed by atoms with Crippen molar-refractivity contribution in [2.75, 3.05) is 10.6 Å². The van der Waals surface area contributed by atoms with E-state index in [4.69, 9.17) is 52.9 Å². The summed E-state index contributed by atoms with van der Waals surface area (Å²) in [6.07, 6.45) is -1.18. The highest BCUT2D eigenvalue weighted by Crippen LogP contribution is 2.31. The number of hydrogen-bond acceptors (Lipinski definition) is 12. The van der Waals surface area contributed by atoms with Crippen LogP contribution in [0.5, 0.6) is 11.5 Å². The van der Waals surface area contributed by atoms with Crippen molar-refractivity contribution >= 4 is 67.2 Å². The quantitative estimate of drug-likeness (QED) is 0.0892.